The van der Waals surface area contributed by atoms with Crippen LogP contribution in [0.1, 0.15) is 50.8 Å². The van der Waals surface area contributed by atoms with E-state index >= 15 is 0 Å². The minimum Gasteiger partial charge on any atom is -0.353 e. The summed E-state index contributed by atoms with van der Waals surface area (Å²) in [7, 11) is 0. The summed E-state index contributed by atoms with van der Waals surface area (Å²) in [4.78, 5) is 7.25. The van der Waals surface area contributed by atoms with Gasteiger partial charge in [-0.15, -0.1) is 0 Å². The Kier molecular flexibility index (Phi) is 3.78. The molecule has 106 valence electrons. The highest BCUT2D eigenvalue weighted by Crippen LogP contribution is 2.29. The van der Waals surface area contributed by atoms with Crippen LogP contribution >= 0.6 is 0 Å². The number of anilines is 1. The molecule has 0 aromatic carbocycles. The SMILES string of the molecule is CCCN1CCC(n2cc(C)nc2NC2CC2)CC1. The lowest BCUT2D eigenvalue weighted by atomic mass is 10.0. The number of hydrogen-bond donors (Lipinski definition) is 1. The summed E-state index contributed by atoms with van der Waals surface area (Å²) in [6.07, 6.45) is 8.63. The number of likely N-dealkylation sites (tertiary alicyclic amines) is 1. The summed E-state index contributed by atoms with van der Waals surface area (Å²) < 4.78 is 2.40. The lowest BCUT2D eigenvalue weighted by Gasteiger charge is -2.33. The molecular formula is C15H26N4. The van der Waals surface area contributed by atoms with Crippen molar-refractivity contribution in [2.75, 3.05) is 25.0 Å². The Bertz CT molecular complexity index is 414. The zero-order chi connectivity index (χ0) is 13.2. The maximum Gasteiger partial charge on any atom is 0.203 e. The molecule has 1 aromatic heterocycles. The average molecular weight is 262 g/mol. The Hall–Kier alpha value is -1.03. The first-order valence-electron chi connectivity index (χ1n) is 7.80. The van der Waals surface area contributed by atoms with Crippen molar-refractivity contribution in [3.63, 3.8) is 0 Å². The third-order valence-electron chi connectivity index (χ3n) is 4.25. The van der Waals surface area contributed by atoms with Crippen LogP contribution in [0, 0.1) is 6.92 Å². The Labute approximate surface area is 116 Å². The second-order valence-corrected chi connectivity index (χ2v) is 6.10. The van der Waals surface area contributed by atoms with E-state index in [1.54, 1.807) is 0 Å². The van der Waals surface area contributed by atoms with E-state index in [1.807, 2.05) is 0 Å². The summed E-state index contributed by atoms with van der Waals surface area (Å²) in [5.74, 6) is 1.11. The molecular weight excluding hydrogens is 236 g/mol. The molecule has 1 saturated carbocycles. The number of aryl methyl sites for hydroxylation is 1. The molecule has 3 rings (SSSR count). The number of rotatable bonds is 5. The van der Waals surface area contributed by atoms with Crippen LogP contribution in [0.3, 0.4) is 0 Å². The van der Waals surface area contributed by atoms with E-state index in [-0.39, 0.29) is 0 Å². The van der Waals surface area contributed by atoms with Crippen molar-refractivity contribution < 1.29 is 0 Å². The Morgan fingerprint density at radius 2 is 2.00 bits per heavy atom. The van der Waals surface area contributed by atoms with Crippen molar-refractivity contribution in [3.8, 4) is 0 Å². The van der Waals surface area contributed by atoms with Gasteiger partial charge in [0.15, 0.2) is 0 Å². The van der Waals surface area contributed by atoms with E-state index in [0.29, 0.717) is 12.1 Å². The normalized spacial score (nSPS) is 21.8. The maximum absolute atomic E-state index is 4.66. The molecule has 4 heteroatoms. The molecule has 2 aliphatic rings. The van der Waals surface area contributed by atoms with Crippen molar-refractivity contribution in [1.82, 2.24) is 14.5 Å². The first kappa shape index (κ1) is 13.0. The van der Waals surface area contributed by atoms with E-state index in [1.165, 1.54) is 51.7 Å². The zero-order valence-electron chi connectivity index (χ0n) is 12.2. The van der Waals surface area contributed by atoms with E-state index in [4.69, 9.17) is 0 Å². The molecule has 0 unspecified atom stereocenters. The average Bonchev–Trinajstić information content (AvgIpc) is 3.13. The number of piperidine rings is 1. The molecule has 0 spiro atoms. The van der Waals surface area contributed by atoms with Crippen molar-refractivity contribution >= 4 is 5.95 Å². The first-order chi connectivity index (χ1) is 9.26. The predicted molar refractivity (Wildman–Crippen MR) is 78.6 cm³/mol. The quantitative estimate of drug-likeness (QED) is 0.886. The fourth-order valence-corrected chi connectivity index (χ4v) is 3.05. The van der Waals surface area contributed by atoms with Crippen LogP contribution in [0.25, 0.3) is 0 Å². The molecule has 0 atom stereocenters. The summed E-state index contributed by atoms with van der Waals surface area (Å²) in [6.45, 7) is 8.09. The van der Waals surface area contributed by atoms with Crippen LogP contribution in [0.15, 0.2) is 6.20 Å². The van der Waals surface area contributed by atoms with Gasteiger partial charge in [-0.1, -0.05) is 6.92 Å². The van der Waals surface area contributed by atoms with E-state index in [0.717, 1.165) is 11.6 Å². The fraction of sp³-hybridized carbons (Fsp3) is 0.800. The van der Waals surface area contributed by atoms with E-state index in [2.05, 4.69) is 39.8 Å². The number of hydrogen-bond acceptors (Lipinski definition) is 3. The number of nitrogens with one attached hydrogen (secondary N) is 1. The van der Waals surface area contributed by atoms with Crippen LogP contribution in [0.5, 0.6) is 0 Å². The molecule has 1 saturated heterocycles. The summed E-state index contributed by atoms with van der Waals surface area (Å²) in [5, 5.41) is 3.58. The molecule has 0 amide bonds. The highest BCUT2D eigenvalue weighted by Gasteiger charge is 2.26. The second kappa shape index (κ2) is 5.53. The lowest BCUT2D eigenvalue weighted by Crippen LogP contribution is -2.35. The monoisotopic (exact) mass is 262 g/mol. The van der Waals surface area contributed by atoms with E-state index in [9.17, 15) is 0 Å². The van der Waals surface area contributed by atoms with Gasteiger partial charge in [-0.2, -0.15) is 0 Å². The van der Waals surface area contributed by atoms with Gasteiger partial charge in [0.1, 0.15) is 0 Å². The highest BCUT2D eigenvalue weighted by molar-refractivity contribution is 5.33. The highest BCUT2D eigenvalue weighted by atomic mass is 15.2. The molecule has 2 fully saturated rings. The largest absolute Gasteiger partial charge is 0.353 e. The predicted octanol–water partition coefficient (Wildman–Crippen LogP) is 2.81. The zero-order valence-corrected chi connectivity index (χ0v) is 12.2. The van der Waals surface area contributed by atoms with Gasteiger partial charge < -0.3 is 14.8 Å². The van der Waals surface area contributed by atoms with Crippen LogP contribution in [0.2, 0.25) is 0 Å². The summed E-state index contributed by atoms with van der Waals surface area (Å²) in [6, 6.07) is 1.32. The van der Waals surface area contributed by atoms with Gasteiger partial charge in [0, 0.05) is 31.4 Å². The van der Waals surface area contributed by atoms with Gasteiger partial charge in [-0.05, 0) is 45.6 Å². The Morgan fingerprint density at radius 3 is 2.63 bits per heavy atom. The second-order valence-electron chi connectivity index (χ2n) is 6.10. The Balaban J connectivity index is 1.65. The first-order valence-corrected chi connectivity index (χ1v) is 7.80. The minimum absolute atomic E-state index is 0.635. The van der Waals surface area contributed by atoms with Gasteiger partial charge in [0.05, 0.1) is 5.69 Å². The minimum atomic E-state index is 0.635. The van der Waals surface area contributed by atoms with Crippen molar-refractivity contribution in [3.05, 3.63) is 11.9 Å². The summed E-state index contributed by atoms with van der Waals surface area (Å²) in [5.41, 5.74) is 1.14. The van der Waals surface area contributed by atoms with Crippen LogP contribution in [-0.4, -0.2) is 40.1 Å². The third-order valence-corrected chi connectivity index (χ3v) is 4.25. The number of aromatic nitrogens is 2. The van der Waals surface area contributed by atoms with Crippen LogP contribution in [0.4, 0.5) is 5.95 Å². The third kappa shape index (κ3) is 3.11. The van der Waals surface area contributed by atoms with Gasteiger partial charge in [-0.3, -0.25) is 0 Å². The standard InChI is InChI=1S/C15H26N4/c1-3-8-18-9-6-14(7-10-18)19-11-12(2)16-15(19)17-13-4-5-13/h11,13-14H,3-10H2,1-2H3,(H,16,17). The van der Waals surface area contributed by atoms with Crippen molar-refractivity contribution in [2.24, 2.45) is 0 Å². The molecule has 1 aliphatic heterocycles. The van der Waals surface area contributed by atoms with Crippen molar-refractivity contribution in [1.29, 1.82) is 0 Å². The van der Waals surface area contributed by atoms with Gasteiger partial charge in [0.2, 0.25) is 5.95 Å². The topological polar surface area (TPSA) is 33.1 Å². The molecule has 4 nitrogen and oxygen atoms in total. The lowest BCUT2D eigenvalue weighted by molar-refractivity contribution is 0.187. The maximum atomic E-state index is 4.66. The summed E-state index contributed by atoms with van der Waals surface area (Å²) >= 11 is 0. The molecule has 0 bridgehead atoms. The Morgan fingerprint density at radius 1 is 1.26 bits per heavy atom. The molecule has 1 N–H and O–H groups in total. The van der Waals surface area contributed by atoms with Crippen molar-refractivity contribution in [2.45, 2.75) is 58.0 Å². The molecule has 19 heavy (non-hydrogen) atoms. The smallest absolute Gasteiger partial charge is 0.203 e. The number of nitrogens with zero attached hydrogens (tertiary/aromatic N) is 3. The molecule has 0 radical (unpaired) electrons. The van der Waals surface area contributed by atoms with Gasteiger partial charge >= 0.3 is 0 Å². The van der Waals surface area contributed by atoms with Gasteiger partial charge in [-0.25, -0.2) is 4.98 Å². The molecule has 1 aromatic rings. The van der Waals surface area contributed by atoms with Crippen LogP contribution < -0.4 is 5.32 Å². The fourth-order valence-electron chi connectivity index (χ4n) is 3.05. The molecule has 1 aliphatic carbocycles. The van der Waals surface area contributed by atoms with E-state index < -0.39 is 0 Å². The molecule has 2 heterocycles. The van der Waals surface area contributed by atoms with Gasteiger partial charge in [0.25, 0.3) is 0 Å². The number of imidazole rings is 1. The van der Waals surface area contributed by atoms with Crippen LogP contribution in [-0.2, 0) is 0 Å².